The van der Waals surface area contributed by atoms with E-state index in [4.69, 9.17) is 11.6 Å². The Morgan fingerprint density at radius 2 is 1.86 bits per heavy atom. The fourth-order valence-electron chi connectivity index (χ4n) is 1.92. The van der Waals surface area contributed by atoms with Crippen molar-refractivity contribution < 1.29 is 4.79 Å². The zero-order valence-corrected chi connectivity index (χ0v) is 12.9. The molecule has 3 heteroatoms. The Morgan fingerprint density at radius 3 is 2.48 bits per heavy atom. The number of amides is 1. The molecule has 2 aromatic carbocycles. The number of rotatable bonds is 4. The lowest BCUT2D eigenvalue weighted by Crippen LogP contribution is -2.07. The summed E-state index contributed by atoms with van der Waals surface area (Å²) in [6, 6.07) is 15.2. The van der Waals surface area contributed by atoms with Crippen molar-refractivity contribution in [3.8, 4) is 0 Å². The number of nitrogens with one attached hydrogen (secondary N) is 1. The van der Waals surface area contributed by atoms with Crippen LogP contribution in [0.3, 0.4) is 0 Å². The predicted molar refractivity (Wildman–Crippen MR) is 89.6 cm³/mol. The Bertz CT molecular complexity index is 645. The van der Waals surface area contributed by atoms with Gasteiger partial charge < -0.3 is 5.32 Å². The summed E-state index contributed by atoms with van der Waals surface area (Å²) in [5.41, 5.74) is 2.94. The molecule has 0 unspecified atom stereocenters. The van der Waals surface area contributed by atoms with Gasteiger partial charge in [-0.3, -0.25) is 4.79 Å². The first-order chi connectivity index (χ1) is 10.0. The summed E-state index contributed by atoms with van der Waals surface area (Å²) in [6.45, 7) is 4.28. The number of hydrogen-bond donors (Lipinski definition) is 1. The fourth-order valence-corrected chi connectivity index (χ4v) is 2.12. The minimum atomic E-state index is -0.160. The molecule has 0 aliphatic carbocycles. The maximum Gasteiger partial charge on any atom is 0.248 e. The molecular formula is C18H18ClNO. The average molecular weight is 300 g/mol. The van der Waals surface area contributed by atoms with Gasteiger partial charge in [0.1, 0.15) is 0 Å². The number of halogens is 1. The van der Waals surface area contributed by atoms with E-state index < -0.39 is 0 Å². The van der Waals surface area contributed by atoms with Crippen molar-refractivity contribution in [2.75, 3.05) is 5.32 Å². The van der Waals surface area contributed by atoms with Crippen LogP contribution in [0, 0.1) is 0 Å². The van der Waals surface area contributed by atoms with Gasteiger partial charge in [-0.2, -0.15) is 0 Å². The van der Waals surface area contributed by atoms with Crippen LogP contribution in [0.1, 0.15) is 30.9 Å². The van der Waals surface area contributed by atoms with Gasteiger partial charge in [-0.25, -0.2) is 0 Å². The highest BCUT2D eigenvalue weighted by Crippen LogP contribution is 2.17. The van der Waals surface area contributed by atoms with Gasteiger partial charge in [-0.1, -0.05) is 49.7 Å². The summed E-state index contributed by atoms with van der Waals surface area (Å²) < 4.78 is 0. The molecule has 2 aromatic rings. The van der Waals surface area contributed by atoms with Crippen molar-refractivity contribution in [3.05, 3.63) is 70.8 Å². The van der Waals surface area contributed by atoms with E-state index >= 15 is 0 Å². The zero-order chi connectivity index (χ0) is 15.2. The summed E-state index contributed by atoms with van der Waals surface area (Å²) >= 11 is 5.90. The Morgan fingerprint density at radius 1 is 1.14 bits per heavy atom. The summed E-state index contributed by atoms with van der Waals surface area (Å²) in [6.07, 6.45) is 3.24. The number of anilines is 1. The first-order valence-corrected chi connectivity index (χ1v) is 7.27. The molecule has 2 nitrogen and oxygen atoms in total. The van der Waals surface area contributed by atoms with Gasteiger partial charge >= 0.3 is 0 Å². The highest BCUT2D eigenvalue weighted by Gasteiger charge is 2.01. The van der Waals surface area contributed by atoms with Gasteiger partial charge in [0, 0.05) is 16.8 Å². The van der Waals surface area contributed by atoms with Crippen molar-refractivity contribution in [3.63, 3.8) is 0 Å². The van der Waals surface area contributed by atoms with Crippen molar-refractivity contribution in [1.82, 2.24) is 0 Å². The summed E-state index contributed by atoms with van der Waals surface area (Å²) in [7, 11) is 0. The first-order valence-electron chi connectivity index (χ1n) is 6.89. The van der Waals surface area contributed by atoms with Gasteiger partial charge in [0.05, 0.1) is 0 Å². The molecular weight excluding hydrogens is 282 g/mol. The summed E-state index contributed by atoms with van der Waals surface area (Å²) in [4.78, 5) is 11.9. The molecule has 21 heavy (non-hydrogen) atoms. The zero-order valence-electron chi connectivity index (χ0n) is 12.1. The number of carbonyl (C=O) groups excluding carboxylic acids is 1. The van der Waals surface area contributed by atoms with Crippen LogP contribution in [0.5, 0.6) is 0 Å². The largest absolute Gasteiger partial charge is 0.323 e. The highest BCUT2D eigenvalue weighted by atomic mass is 35.5. The molecule has 0 aromatic heterocycles. The topological polar surface area (TPSA) is 29.1 Å². The van der Waals surface area contributed by atoms with Crippen LogP contribution in [0.2, 0.25) is 5.02 Å². The van der Waals surface area contributed by atoms with Crippen LogP contribution >= 0.6 is 11.6 Å². The lowest BCUT2D eigenvalue weighted by molar-refractivity contribution is -0.111. The quantitative estimate of drug-likeness (QED) is 0.780. The Balaban J connectivity index is 1.98. The molecule has 0 fully saturated rings. The standard InChI is InChI=1S/C18H18ClNO/c1-13(2)15-7-9-17(10-8-15)20-18(21)11-6-14-4-3-5-16(19)12-14/h3-13H,1-2H3,(H,20,21)/b11-6+. The average Bonchev–Trinajstić information content (AvgIpc) is 2.46. The van der Waals surface area contributed by atoms with E-state index in [2.05, 4.69) is 19.2 Å². The second kappa shape index (κ2) is 7.09. The molecule has 0 atom stereocenters. The van der Waals surface area contributed by atoms with E-state index in [1.807, 2.05) is 42.5 Å². The van der Waals surface area contributed by atoms with Crippen LogP contribution < -0.4 is 5.32 Å². The molecule has 108 valence electrons. The van der Waals surface area contributed by atoms with Crippen LogP contribution in [0.4, 0.5) is 5.69 Å². The molecule has 1 amide bonds. The molecule has 0 bridgehead atoms. The fraction of sp³-hybridized carbons (Fsp3) is 0.167. The van der Waals surface area contributed by atoms with E-state index in [0.717, 1.165) is 11.3 Å². The molecule has 0 spiro atoms. The molecule has 0 radical (unpaired) electrons. The molecule has 1 N–H and O–H groups in total. The third-order valence-electron chi connectivity index (χ3n) is 3.12. The predicted octanol–water partition coefficient (Wildman–Crippen LogP) is 5.12. The third kappa shape index (κ3) is 4.76. The van der Waals surface area contributed by atoms with Crippen LogP contribution in [0.15, 0.2) is 54.6 Å². The van der Waals surface area contributed by atoms with Crippen molar-refractivity contribution >= 4 is 29.3 Å². The smallest absolute Gasteiger partial charge is 0.248 e. The van der Waals surface area contributed by atoms with Gasteiger partial charge in [0.2, 0.25) is 5.91 Å². The van der Waals surface area contributed by atoms with Gasteiger partial charge in [0.15, 0.2) is 0 Å². The molecule has 0 aliphatic rings. The molecule has 0 aliphatic heterocycles. The van der Waals surface area contributed by atoms with Crippen molar-refractivity contribution in [1.29, 1.82) is 0 Å². The maximum atomic E-state index is 11.9. The van der Waals surface area contributed by atoms with Gasteiger partial charge in [0.25, 0.3) is 0 Å². The second-order valence-electron chi connectivity index (χ2n) is 5.15. The SMILES string of the molecule is CC(C)c1ccc(NC(=O)/C=C/c2cccc(Cl)c2)cc1. The second-order valence-corrected chi connectivity index (χ2v) is 5.59. The van der Waals surface area contributed by atoms with E-state index in [-0.39, 0.29) is 5.91 Å². The Hall–Kier alpha value is -2.06. The van der Waals surface area contributed by atoms with E-state index in [9.17, 15) is 4.79 Å². The van der Waals surface area contributed by atoms with Crippen LogP contribution in [0.25, 0.3) is 6.08 Å². The normalized spacial score (nSPS) is 11.0. The molecule has 0 saturated heterocycles. The van der Waals surface area contributed by atoms with Crippen molar-refractivity contribution in [2.24, 2.45) is 0 Å². The van der Waals surface area contributed by atoms with E-state index in [0.29, 0.717) is 10.9 Å². The molecule has 0 saturated carbocycles. The van der Waals surface area contributed by atoms with Crippen LogP contribution in [-0.4, -0.2) is 5.91 Å². The molecule has 0 heterocycles. The number of carbonyl (C=O) groups is 1. The first kappa shape index (κ1) is 15.3. The summed E-state index contributed by atoms with van der Waals surface area (Å²) in [5, 5.41) is 3.49. The number of benzene rings is 2. The van der Waals surface area contributed by atoms with E-state index in [1.165, 1.54) is 11.6 Å². The number of hydrogen-bond acceptors (Lipinski definition) is 1. The Labute approximate surface area is 130 Å². The van der Waals surface area contributed by atoms with Crippen LogP contribution in [-0.2, 0) is 4.79 Å². The minimum Gasteiger partial charge on any atom is -0.323 e. The van der Waals surface area contributed by atoms with Gasteiger partial charge in [-0.15, -0.1) is 0 Å². The van der Waals surface area contributed by atoms with E-state index in [1.54, 1.807) is 12.1 Å². The maximum absolute atomic E-state index is 11.9. The molecule has 2 rings (SSSR count). The lowest BCUT2D eigenvalue weighted by Gasteiger charge is -2.07. The monoisotopic (exact) mass is 299 g/mol. The third-order valence-corrected chi connectivity index (χ3v) is 3.36. The lowest BCUT2D eigenvalue weighted by atomic mass is 10.0. The highest BCUT2D eigenvalue weighted by molar-refractivity contribution is 6.30. The Kier molecular flexibility index (Phi) is 5.18. The van der Waals surface area contributed by atoms with Gasteiger partial charge in [-0.05, 0) is 47.4 Å². The summed E-state index contributed by atoms with van der Waals surface area (Å²) in [5.74, 6) is 0.324. The van der Waals surface area contributed by atoms with Crippen molar-refractivity contribution in [2.45, 2.75) is 19.8 Å². The minimum absolute atomic E-state index is 0.160.